The molecule has 1 heterocycles. The molecule has 0 radical (unpaired) electrons. The highest BCUT2D eigenvalue weighted by atomic mass is 16.2. The molecule has 0 aliphatic carbocycles. The normalized spacial score (nSPS) is 20.3. The molecule has 2 atom stereocenters. The summed E-state index contributed by atoms with van der Waals surface area (Å²) in [5, 5.41) is 2.93. The summed E-state index contributed by atoms with van der Waals surface area (Å²) in [7, 11) is 3.98. The summed E-state index contributed by atoms with van der Waals surface area (Å²) in [4.78, 5) is 16.3. The highest BCUT2D eigenvalue weighted by Crippen LogP contribution is 2.17. The van der Waals surface area contributed by atoms with Crippen LogP contribution in [-0.4, -0.2) is 49.6 Å². The van der Waals surface area contributed by atoms with E-state index in [0.717, 1.165) is 37.3 Å². The average Bonchev–Trinajstić information content (AvgIpc) is 2.84. The summed E-state index contributed by atoms with van der Waals surface area (Å²) in [6.45, 7) is 4.94. The lowest BCUT2D eigenvalue weighted by Crippen LogP contribution is -2.35. The van der Waals surface area contributed by atoms with Gasteiger partial charge in [-0.3, -0.25) is 0 Å². The first-order valence-corrected chi connectivity index (χ1v) is 7.52. The molecule has 1 saturated heterocycles. The molecule has 21 heavy (non-hydrogen) atoms. The quantitative estimate of drug-likeness (QED) is 0.893. The van der Waals surface area contributed by atoms with E-state index in [4.69, 9.17) is 5.73 Å². The van der Waals surface area contributed by atoms with Gasteiger partial charge in [0.05, 0.1) is 0 Å². The Bertz CT molecular complexity index is 472. The third-order valence-corrected chi connectivity index (χ3v) is 4.06. The predicted molar refractivity (Wildman–Crippen MR) is 86.3 cm³/mol. The molecule has 3 N–H and O–H groups in total. The molecular formula is C16H26N4O. The van der Waals surface area contributed by atoms with Crippen LogP contribution < -0.4 is 11.1 Å². The molecule has 2 rings (SSSR count). The number of amides is 2. The summed E-state index contributed by atoms with van der Waals surface area (Å²) in [6, 6.07) is 7.65. The zero-order valence-corrected chi connectivity index (χ0v) is 13.2. The number of rotatable bonds is 4. The van der Waals surface area contributed by atoms with Crippen LogP contribution in [0.15, 0.2) is 24.3 Å². The Kier molecular flexibility index (Phi) is 5.20. The fraction of sp³-hybridized carbons (Fsp3) is 0.562. The van der Waals surface area contributed by atoms with Crippen molar-refractivity contribution in [1.29, 1.82) is 0 Å². The van der Waals surface area contributed by atoms with Crippen molar-refractivity contribution in [2.24, 2.45) is 11.7 Å². The monoisotopic (exact) mass is 290 g/mol. The summed E-state index contributed by atoms with van der Waals surface area (Å²) in [5.74, 6) is 0.575. The van der Waals surface area contributed by atoms with Crippen LogP contribution in [0.2, 0.25) is 0 Å². The van der Waals surface area contributed by atoms with Gasteiger partial charge in [-0.2, -0.15) is 0 Å². The van der Waals surface area contributed by atoms with Gasteiger partial charge in [0.25, 0.3) is 0 Å². The van der Waals surface area contributed by atoms with Crippen molar-refractivity contribution in [2.45, 2.75) is 19.4 Å². The van der Waals surface area contributed by atoms with Gasteiger partial charge in [-0.15, -0.1) is 0 Å². The average molecular weight is 290 g/mol. The van der Waals surface area contributed by atoms with E-state index < -0.39 is 0 Å². The minimum atomic E-state index is -0.0573. The molecule has 1 aromatic carbocycles. The number of likely N-dealkylation sites (tertiary alicyclic amines) is 1. The molecule has 0 spiro atoms. The van der Waals surface area contributed by atoms with Gasteiger partial charge in [0.1, 0.15) is 0 Å². The molecule has 1 aliphatic rings. The lowest BCUT2D eigenvalue weighted by molar-refractivity contribution is 0.214. The second kappa shape index (κ2) is 6.91. The van der Waals surface area contributed by atoms with E-state index in [1.807, 2.05) is 38.2 Å². The molecule has 116 valence electrons. The van der Waals surface area contributed by atoms with Crippen molar-refractivity contribution >= 4 is 11.7 Å². The van der Waals surface area contributed by atoms with Crippen LogP contribution in [0.3, 0.4) is 0 Å². The maximum Gasteiger partial charge on any atom is 0.321 e. The molecule has 0 aromatic heterocycles. The lowest BCUT2D eigenvalue weighted by Gasteiger charge is -2.21. The number of carbonyl (C=O) groups excluding carboxylic acids is 1. The van der Waals surface area contributed by atoms with Crippen molar-refractivity contribution in [2.75, 3.05) is 39.0 Å². The summed E-state index contributed by atoms with van der Waals surface area (Å²) < 4.78 is 0. The molecule has 1 aliphatic heterocycles. The van der Waals surface area contributed by atoms with Gasteiger partial charge in [-0.1, -0.05) is 12.1 Å². The number of nitrogens with one attached hydrogen (secondary N) is 1. The summed E-state index contributed by atoms with van der Waals surface area (Å²) in [5.41, 5.74) is 7.69. The van der Waals surface area contributed by atoms with E-state index >= 15 is 0 Å². The van der Waals surface area contributed by atoms with Gasteiger partial charge in [-0.25, -0.2) is 4.79 Å². The minimum absolute atomic E-state index is 0.0109. The van der Waals surface area contributed by atoms with Gasteiger partial charge in [-0.05, 0) is 50.6 Å². The molecular weight excluding hydrogens is 264 g/mol. The molecule has 0 saturated carbocycles. The van der Waals surface area contributed by atoms with E-state index in [1.54, 1.807) is 4.90 Å². The van der Waals surface area contributed by atoms with E-state index in [0.29, 0.717) is 5.92 Å². The zero-order valence-electron chi connectivity index (χ0n) is 13.2. The molecule has 1 fully saturated rings. The highest BCUT2D eigenvalue weighted by Gasteiger charge is 2.22. The van der Waals surface area contributed by atoms with E-state index in [9.17, 15) is 4.79 Å². The van der Waals surface area contributed by atoms with Gasteiger partial charge in [0, 0.05) is 31.9 Å². The maximum absolute atomic E-state index is 12.2. The molecule has 0 bridgehead atoms. The second-order valence-corrected chi connectivity index (χ2v) is 6.14. The first kappa shape index (κ1) is 15.8. The number of carbonyl (C=O) groups is 1. The Balaban J connectivity index is 1.85. The zero-order chi connectivity index (χ0) is 15.4. The van der Waals surface area contributed by atoms with Gasteiger partial charge in [0.15, 0.2) is 0 Å². The lowest BCUT2D eigenvalue weighted by atomic mass is 10.1. The predicted octanol–water partition coefficient (Wildman–Crippen LogP) is 2.12. The largest absolute Gasteiger partial charge is 0.327 e. The van der Waals surface area contributed by atoms with Crippen molar-refractivity contribution in [3.05, 3.63) is 29.8 Å². The Hall–Kier alpha value is -1.59. The SMILES string of the molecule is CC(N)c1ccc(NC(=O)N(C)CC2CCN(C)C2)cc1. The van der Waals surface area contributed by atoms with Crippen LogP contribution in [0.5, 0.6) is 0 Å². The maximum atomic E-state index is 12.2. The van der Waals surface area contributed by atoms with Gasteiger partial charge < -0.3 is 20.9 Å². The van der Waals surface area contributed by atoms with E-state index in [1.165, 1.54) is 0 Å². The van der Waals surface area contributed by atoms with Crippen LogP contribution in [0.1, 0.15) is 24.9 Å². The molecule has 5 heteroatoms. The number of nitrogens with two attached hydrogens (primary N) is 1. The van der Waals surface area contributed by atoms with Crippen LogP contribution in [0, 0.1) is 5.92 Å². The van der Waals surface area contributed by atoms with Gasteiger partial charge >= 0.3 is 6.03 Å². The number of benzene rings is 1. The highest BCUT2D eigenvalue weighted by molar-refractivity contribution is 5.89. The smallest absolute Gasteiger partial charge is 0.321 e. The first-order valence-electron chi connectivity index (χ1n) is 7.52. The van der Waals surface area contributed by atoms with E-state index in [2.05, 4.69) is 17.3 Å². The summed E-state index contributed by atoms with van der Waals surface area (Å²) in [6.07, 6.45) is 1.16. The van der Waals surface area contributed by atoms with Crippen molar-refractivity contribution in [1.82, 2.24) is 9.80 Å². The van der Waals surface area contributed by atoms with Crippen molar-refractivity contribution < 1.29 is 4.79 Å². The topological polar surface area (TPSA) is 61.6 Å². The number of urea groups is 1. The first-order chi connectivity index (χ1) is 9.95. The number of nitrogens with zero attached hydrogens (tertiary/aromatic N) is 2. The number of hydrogen-bond donors (Lipinski definition) is 2. The molecule has 5 nitrogen and oxygen atoms in total. The van der Waals surface area contributed by atoms with Crippen LogP contribution in [0.4, 0.5) is 10.5 Å². The van der Waals surface area contributed by atoms with Crippen LogP contribution in [0.25, 0.3) is 0 Å². The second-order valence-electron chi connectivity index (χ2n) is 6.14. The van der Waals surface area contributed by atoms with E-state index in [-0.39, 0.29) is 12.1 Å². The Labute approximate surface area is 127 Å². The third-order valence-electron chi connectivity index (χ3n) is 4.06. The Morgan fingerprint density at radius 1 is 1.48 bits per heavy atom. The van der Waals surface area contributed by atoms with Crippen LogP contribution in [-0.2, 0) is 0 Å². The molecule has 1 aromatic rings. The Morgan fingerprint density at radius 3 is 2.67 bits per heavy atom. The fourth-order valence-electron chi connectivity index (χ4n) is 2.73. The number of hydrogen-bond acceptors (Lipinski definition) is 3. The molecule has 2 unspecified atom stereocenters. The number of anilines is 1. The third kappa shape index (κ3) is 4.44. The Morgan fingerprint density at radius 2 is 2.14 bits per heavy atom. The van der Waals surface area contributed by atoms with Crippen molar-refractivity contribution in [3.8, 4) is 0 Å². The standard InChI is InChI=1S/C16H26N4O/c1-12(17)14-4-6-15(7-5-14)18-16(21)20(3)11-13-8-9-19(2)10-13/h4-7,12-13H,8-11,17H2,1-3H3,(H,18,21). The van der Waals surface area contributed by atoms with Crippen molar-refractivity contribution in [3.63, 3.8) is 0 Å². The van der Waals surface area contributed by atoms with Gasteiger partial charge in [0.2, 0.25) is 0 Å². The minimum Gasteiger partial charge on any atom is -0.327 e. The van der Waals surface area contributed by atoms with Crippen LogP contribution >= 0.6 is 0 Å². The molecule has 2 amide bonds. The summed E-state index contributed by atoms with van der Waals surface area (Å²) >= 11 is 0. The fourth-order valence-corrected chi connectivity index (χ4v) is 2.73.